The van der Waals surface area contributed by atoms with Crippen molar-refractivity contribution in [3.63, 3.8) is 0 Å². The van der Waals surface area contributed by atoms with Crippen LogP contribution in [0.4, 0.5) is 0 Å². The summed E-state index contributed by atoms with van der Waals surface area (Å²) in [7, 11) is 1.75. The molecule has 76 valence electrons. The second-order valence-corrected chi connectivity index (χ2v) is 4.56. The average molecular weight is 183 g/mol. The molecule has 0 bridgehead atoms. The molecule has 0 aliphatic carbocycles. The summed E-state index contributed by atoms with van der Waals surface area (Å²) >= 11 is 0. The fourth-order valence-corrected chi connectivity index (χ4v) is 1.79. The van der Waals surface area contributed by atoms with E-state index < -0.39 is 0 Å². The Morgan fingerprint density at radius 3 is 2.54 bits per heavy atom. The van der Waals surface area contributed by atoms with Crippen LogP contribution in [0.1, 0.15) is 27.2 Å². The zero-order valence-corrected chi connectivity index (χ0v) is 9.17. The molecule has 0 amide bonds. The number of nitrogens with two attached hydrogens (primary N) is 1. The number of rotatable bonds is 1. The predicted molar refractivity (Wildman–Crippen MR) is 56.7 cm³/mol. The smallest absolute Gasteiger partial charge is 0.190 e. The van der Waals surface area contributed by atoms with Gasteiger partial charge in [-0.2, -0.15) is 0 Å². The van der Waals surface area contributed by atoms with Crippen LogP contribution in [0.2, 0.25) is 0 Å². The summed E-state index contributed by atoms with van der Waals surface area (Å²) in [6.45, 7) is 9.00. The highest BCUT2D eigenvalue weighted by Crippen LogP contribution is 2.36. The van der Waals surface area contributed by atoms with Gasteiger partial charge in [-0.25, -0.2) is 0 Å². The minimum absolute atomic E-state index is 0.412. The van der Waals surface area contributed by atoms with Crippen molar-refractivity contribution < 1.29 is 0 Å². The number of guanidine groups is 1. The molecule has 0 aromatic rings. The number of hydrogen-bond acceptors (Lipinski definition) is 1. The SMILES string of the molecule is CN=C(N)N1CC[C@](C)(C(C)C)C1. The Balaban J connectivity index is 2.63. The van der Waals surface area contributed by atoms with E-state index in [9.17, 15) is 0 Å². The molecule has 1 rings (SSSR count). The first-order chi connectivity index (χ1) is 5.99. The van der Waals surface area contributed by atoms with E-state index in [4.69, 9.17) is 5.73 Å². The summed E-state index contributed by atoms with van der Waals surface area (Å²) in [5.41, 5.74) is 6.19. The Morgan fingerprint density at radius 2 is 2.15 bits per heavy atom. The van der Waals surface area contributed by atoms with E-state index >= 15 is 0 Å². The molecule has 3 nitrogen and oxygen atoms in total. The Morgan fingerprint density at radius 1 is 1.54 bits per heavy atom. The van der Waals surface area contributed by atoms with Gasteiger partial charge >= 0.3 is 0 Å². The summed E-state index contributed by atoms with van der Waals surface area (Å²) in [5, 5.41) is 0. The maximum atomic E-state index is 5.78. The highest BCUT2D eigenvalue weighted by molar-refractivity contribution is 5.78. The van der Waals surface area contributed by atoms with E-state index in [0.717, 1.165) is 13.1 Å². The zero-order valence-electron chi connectivity index (χ0n) is 9.17. The molecule has 0 radical (unpaired) electrons. The molecule has 1 saturated heterocycles. The second-order valence-electron chi connectivity index (χ2n) is 4.56. The number of likely N-dealkylation sites (tertiary alicyclic amines) is 1. The Labute approximate surface area is 81.0 Å². The van der Waals surface area contributed by atoms with Gasteiger partial charge in [-0.05, 0) is 17.8 Å². The maximum Gasteiger partial charge on any atom is 0.190 e. The first kappa shape index (κ1) is 10.4. The Kier molecular flexibility index (Phi) is 2.84. The summed E-state index contributed by atoms with van der Waals surface area (Å²) in [6.07, 6.45) is 1.22. The molecule has 0 saturated carbocycles. The van der Waals surface area contributed by atoms with Gasteiger partial charge in [0.2, 0.25) is 0 Å². The van der Waals surface area contributed by atoms with E-state index in [0.29, 0.717) is 17.3 Å². The number of hydrogen-bond donors (Lipinski definition) is 1. The van der Waals surface area contributed by atoms with Crippen LogP contribution in [0.15, 0.2) is 4.99 Å². The third kappa shape index (κ3) is 1.95. The van der Waals surface area contributed by atoms with Crippen LogP contribution in [0, 0.1) is 11.3 Å². The van der Waals surface area contributed by atoms with E-state index in [1.54, 1.807) is 7.05 Å². The average Bonchev–Trinajstić information content (AvgIpc) is 2.48. The van der Waals surface area contributed by atoms with E-state index in [-0.39, 0.29) is 0 Å². The standard InChI is InChI=1S/C10H21N3/c1-8(2)10(3)5-6-13(7-10)9(11)12-4/h8H,5-7H2,1-4H3,(H2,11,12)/t10-/m0/s1. The topological polar surface area (TPSA) is 41.6 Å². The molecule has 1 fully saturated rings. The van der Waals surface area contributed by atoms with Crippen molar-refractivity contribution in [2.75, 3.05) is 20.1 Å². The van der Waals surface area contributed by atoms with Gasteiger partial charge in [-0.3, -0.25) is 4.99 Å². The van der Waals surface area contributed by atoms with Crippen molar-refractivity contribution >= 4 is 5.96 Å². The van der Waals surface area contributed by atoms with E-state index in [1.807, 2.05) is 0 Å². The van der Waals surface area contributed by atoms with Gasteiger partial charge in [0.1, 0.15) is 0 Å². The van der Waals surface area contributed by atoms with Crippen LogP contribution in [-0.2, 0) is 0 Å². The van der Waals surface area contributed by atoms with Crippen LogP contribution in [0.3, 0.4) is 0 Å². The van der Waals surface area contributed by atoms with Gasteiger partial charge in [0, 0.05) is 20.1 Å². The molecule has 1 atom stereocenters. The molecule has 0 spiro atoms. The first-order valence-electron chi connectivity index (χ1n) is 4.97. The fraction of sp³-hybridized carbons (Fsp3) is 0.900. The highest BCUT2D eigenvalue weighted by atomic mass is 15.3. The summed E-state index contributed by atoms with van der Waals surface area (Å²) in [5.74, 6) is 1.39. The van der Waals surface area contributed by atoms with Crippen LogP contribution in [-0.4, -0.2) is 31.0 Å². The van der Waals surface area contributed by atoms with Crippen molar-refractivity contribution in [2.45, 2.75) is 27.2 Å². The molecular formula is C10H21N3. The van der Waals surface area contributed by atoms with Gasteiger partial charge < -0.3 is 10.6 Å². The first-order valence-corrected chi connectivity index (χ1v) is 4.97. The Bertz CT molecular complexity index is 210. The lowest BCUT2D eigenvalue weighted by molar-refractivity contribution is 0.234. The monoisotopic (exact) mass is 183 g/mol. The molecule has 2 N–H and O–H groups in total. The van der Waals surface area contributed by atoms with E-state index in [1.165, 1.54) is 6.42 Å². The fourth-order valence-electron chi connectivity index (χ4n) is 1.79. The minimum Gasteiger partial charge on any atom is -0.370 e. The number of nitrogens with zero attached hydrogens (tertiary/aromatic N) is 2. The van der Waals surface area contributed by atoms with Gasteiger partial charge in [0.25, 0.3) is 0 Å². The van der Waals surface area contributed by atoms with Crippen molar-refractivity contribution in [1.82, 2.24) is 4.90 Å². The van der Waals surface area contributed by atoms with Crippen LogP contribution in [0.5, 0.6) is 0 Å². The lowest BCUT2D eigenvalue weighted by Gasteiger charge is -2.28. The van der Waals surface area contributed by atoms with Gasteiger partial charge in [-0.15, -0.1) is 0 Å². The minimum atomic E-state index is 0.412. The van der Waals surface area contributed by atoms with Gasteiger partial charge in [0.15, 0.2) is 5.96 Å². The highest BCUT2D eigenvalue weighted by Gasteiger charge is 2.36. The van der Waals surface area contributed by atoms with Gasteiger partial charge in [0.05, 0.1) is 0 Å². The summed E-state index contributed by atoms with van der Waals surface area (Å²) in [4.78, 5) is 6.20. The molecule has 13 heavy (non-hydrogen) atoms. The van der Waals surface area contributed by atoms with Crippen molar-refractivity contribution in [1.29, 1.82) is 0 Å². The second kappa shape index (κ2) is 3.56. The van der Waals surface area contributed by atoms with Gasteiger partial charge in [-0.1, -0.05) is 20.8 Å². The zero-order chi connectivity index (χ0) is 10.1. The Hall–Kier alpha value is -0.730. The molecule has 1 aliphatic heterocycles. The lowest BCUT2D eigenvalue weighted by Crippen LogP contribution is -2.37. The molecule has 0 unspecified atom stereocenters. The third-order valence-corrected chi connectivity index (χ3v) is 3.45. The molecular weight excluding hydrogens is 162 g/mol. The quantitative estimate of drug-likeness (QED) is 0.492. The summed E-state index contributed by atoms with van der Waals surface area (Å²) < 4.78 is 0. The van der Waals surface area contributed by atoms with Crippen LogP contribution >= 0.6 is 0 Å². The summed E-state index contributed by atoms with van der Waals surface area (Å²) in [6, 6.07) is 0. The number of aliphatic imine (C=N–C) groups is 1. The van der Waals surface area contributed by atoms with Crippen LogP contribution < -0.4 is 5.73 Å². The van der Waals surface area contributed by atoms with Crippen LogP contribution in [0.25, 0.3) is 0 Å². The molecule has 1 heterocycles. The molecule has 0 aromatic carbocycles. The van der Waals surface area contributed by atoms with E-state index in [2.05, 4.69) is 30.7 Å². The largest absolute Gasteiger partial charge is 0.370 e. The third-order valence-electron chi connectivity index (χ3n) is 3.45. The predicted octanol–water partition coefficient (Wildman–Crippen LogP) is 1.30. The lowest BCUT2D eigenvalue weighted by atomic mass is 9.79. The van der Waals surface area contributed by atoms with Crippen molar-refractivity contribution in [2.24, 2.45) is 22.1 Å². The molecule has 3 heteroatoms. The normalized spacial score (nSPS) is 30.2. The maximum absolute atomic E-state index is 5.78. The van der Waals surface area contributed by atoms with Crippen molar-refractivity contribution in [3.8, 4) is 0 Å². The molecule has 0 aromatic heterocycles. The van der Waals surface area contributed by atoms with Crippen molar-refractivity contribution in [3.05, 3.63) is 0 Å². The molecule has 1 aliphatic rings.